The van der Waals surface area contributed by atoms with Crippen molar-refractivity contribution in [1.29, 1.82) is 0 Å². The maximum Gasteiger partial charge on any atom is 0.242 e. The second-order valence-corrected chi connectivity index (χ2v) is 7.41. The van der Waals surface area contributed by atoms with Gasteiger partial charge in [0.15, 0.2) is 0 Å². The number of nitrogens with zero attached hydrogens (tertiary/aromatic N) is 1. The molecule has 0 aliphatic heterocycles. The predicted octanol–water partition coefficient (Wildman–Crippen LogP) is 0.887. The number of aromatic nitrogens is 1. The number of likely N-dealkylation sites (N-methyl/N-ethyl adjacent to an activating group) is 1. The first-order valence-electron chi connectivity index (χ1n) is 7.61. The summed E-state index contributed by atoms with van der Waals surface area (Å²) in [7, 11) is -1.37. The minimum absolute atomic E-state index is 0.310. The SMILES string of the molecule is CCCNCc1cc(S(=O)(=O)NCCN(C)C2CC2)c[nH]1. The summed E-state index contributed by atoms with van der Waals surface area (Å²) < 4.78 is 27.0. The molecule has 120 valence electrons. The van der Waals surface area contributed by atoms with Crippen LogP contribution in [-0.2, 0) is 16.6 Å². The Labute approximate surface area is 127 Å². The first-order chi connectivity index (χ1) is 10.0. The van der Waals surface area contributed by atoms with Crippen LogP contribution >= 0.6 is 0 Å². The molecule has 0 aromatic carbocycles. The Morgan fingerprint density at radius 2 is 2.14 bits per heavy atom. The van der Waals surface area contributed by atoms with E-state index >= 15 is 0 Å². The topological polar surface area (TPSA) is 77.2 Å². The summed E-state index contributed by atoms with van der Waals surface area (Å²) in [6.07, 6.45) is 5.07. The predicted molar refractivity (Wildman–Crippen MR) is 83.6 cm³/mol. The standard InChI is InChI=1S/C14H26N4O2S/c1-3-6-15-10-12-9-14(11-16-12)21(19,20)17-7-8-18(2)13-4-5-13/h9,11,13,15-17H,3-8,10H2,1-2H3. The molecule has 0 amide bonds. The van der Waals surface area contributed by atoms with E-state index in [1.54, 1.807) is 12.3 Å². The molecule has 0 radical (unpaired) electrons. The van der Waals surface area contributed by atoms with Gasteiger partial charge < -0.3 is 15.2 Å². The lowest BCUT2D eigenvalue weighted by Crippen LogP contribution is -2.33. The van der Waals surface area contributed by atoms with Crippen molar-refractivity contribution in [3.63, 3.8) is 0 Å². The van der Waals surface area contributed by atoms with Crippen LogP contribution in [0.2, 0.25) is 0 Å². The van der Waals surface area contributed by atoms with Crippen LogP contribution in [0.3, 0.4) is 0 Å². The van der Waals surface area contributed by atoms with Gasteiger partial charge in [-0.25, -0.2) is 13.1 Å². The Morgan fingerprint density at radius 3 is 2.81 bits per heavy atom. The van der Waals surface area contributed by atoms with Crippen molar-refractivity contribution in [1.82, 2.24) is 19.9 Å². The maximum absolute atomic E-state index is 12.2. The first-order valence-corrected chi connectivity index (χ1v) is 9.09. The van der Waals surface area contributed by atoms with Crippen LogP contribution in [0.5, 0.6) is 0 Å². The number of rotatable bonds is 10. The average molecular weight is 314 g/mol. The molecule has 2 rings (SSSR count). The van der Waals surface area contributed by atoms with Gasteiger partial charge in [-0.05, 0) is 38.9 Å². The summed E-state index contributed by atoms with van der Waals surface area (Å²) in [5.74, 6) is 0. The zero-order valence-corrected chi connectivity index (χ0v) is 13.7. The molecular weight excluding hydrogens is 288 g/mol. The second-order valence-electron chi connectivity index (χ2n) is 5.65. The number of aromatic amines is 1. The molecular formula is C14H26N4O2S. The molecule has 1 heterocycles. The van der Waals surface area contributed by atoms with Crippen LogP contribution in [0.1, 0.15) is 31.9 Å². The van der Waals surface area contributed by atoms with Crippen molar-refractivity contribution < 1.29 is 8.42 Å². The summed E-state index contributed by atoms with van der Waals surface area (Å²) in [5.41, 5.74) is 0.888. The van der Waals surface area contributed by atoms with E-state index in [0.717, 1.165) is 25.2 Å². The van der Waals surface area contributed by atoms with Crippen molar-refractivity contribution in [2.75, 3.05) is 26.7 Å². The van der Waals surface area contributed by atoms with Gasteiger partial charge in [0, 0.05) is 37.6 Å². The lowest BCUT2D eigenvalue weighted by Gasteiger charge is -2.15. The third-order valence-corrected chi connectivity index (χ3v) is 5.14. The van der Waals surface area contributed by atoms with Crippen LogP contribution in [0.15, 0.2) is 17.2 Å². The quantitative estimate of drug-likeness (QED) is 0.561. The summed E-state index contributed by atoms with van der Waals surface area (Å²) in [4.78, 5) is 5.52. The highest BCUT2D eigenvalue weighted by Gasteiger charge is 2.26. The van der Waals surface area contributed by atoms with Crippen molar-refractivity contribution in [2.45, 2.75) is 43.7 Å². The van der Waals surface area contributed by atoms with Gasteiger partial charge in [0.1, 0.15) is 0 Å². The molecule has 0 saturated heterocycles. The molecule has 1 fully saturated rings. The van der Waals surface area contributed by atoms with Crippen molar-refractivity contribution >= 4 is 10.0 Å². The van der Waals surface area contributed by atoms with Crippen LogP contribution in [0.4, 0.5) is 0 Å². The van der Waals surface area contributed by atoms with E-state index in [0.29, 0.717) is 24.0 Å². The number of nitrogens with one attached hydrogen (secondary N) is 3. The van der Waals surface area contributed by atoms with Crippen molar-refractivity contribution in [2.24, 2.45) is 0 Å². The zero-order valence-electron chi connectivity index (χ0n) is 12.9. The van der Waals surface area contributed by atoms with Gasteiger partial charge >= 0.3 is 0 Å². The maximum atomic E-state index is 12.2. The molecule has 3 N–H and O–H groups in total. The molecule has 6 nitrogen and oxygen atoms in total. The molecule has 0 unspecified atom stereocenters. The van der Waals surface area contributed by atoms with E-state index in [1.807, 2.05) is 7.05 Å². The summed E-state index contributed by atoms with van der Waals surface area (Å²) in [6, 6.07) is 2.34. The lowest BCUT2D eigenvalue weighted by molar-refractivity contribution is 0.329. The highest BCUT2D eigenvalue weighted by molar-refractivity contribution is 7.89. The first kappa shape index (κ1) is 16.5. The smallest absolute Gasteiger partial charge is 0.242 e. The third-order valence-electron chi connectivity index (χ3n) is 3.70. The largest absolute Gasteiger partial charge is 0.363 e. The molecule has 1 saturated carbocycles. The van der Waals surface area contributed by atoms with Crippen LogP contribution in [0.25, 0.3) is 0 Å². The number of sulfonamides is 1. The minimum atomic E-state index is -3.41. The number of hydrogen-bond donors (Lipinski definition) is 3. The Balaban J connectivity index is 1.80. The molecule has 1 aliphatic rings. The van der Waals surface area contributed by atoms with E-state index in [9.17, 15) is 8.42 Å². The van der Waals surface area contributed by atoms with E-state index < -0.39 is 10.0 Å². The average Bonchev–Trinajstić information content (AvgIpc) is 3.18. The highest BCUT2D eigenvalue weighted by Crippen LogP contribution is 2.24. The molecule has 0 spiro atoms. The Kier molecular flexibility index (Phi) is 5.80. The third kappa shape index (κ3) is 5.10. The fourth-order valence-electron chi connectivity index (χ4n) is 2.21. The molecule has 1 aromatic rings. The number of H-pyrrole nitrogens is 1. The van der Waals surface area contributed by atoms with Crippen LogP contribution in [0, 0.1) is 0 Å². The van der Waals surface area contributed by atoms with E-state index in [1.165, 1.54) is 12.8 Å². The Hall–Kier alpha value is -0.890. The van der Waals surface area contributed by atoms with E-state index in [-0.39, 0.29) is 0 Å². The van der Waals surface area contributed by atoms with Gasteiger partial charge in [0.05, 0.1) is 4.90 Å². The molecule has 0 bridgehead atoms. The normalized spacial score (nSPS) is 15.8. The minimum Gasteiger partial charge on any atom is -0.363 e. The van der Waals surface area contributed by atoms with Gasteiger partial charge in [-0.3, -0.25) is 0 Å². The van der Waals surface area contributed by atoms with Crippen LogP contribution < -0.4 is 10.0 Å². The summed E-state index contributed by atoms with van der Waals surface area (Å²) in [6.45, 7) is 4.88. The summed E-state index contributed by atoms with van der Waals surface area (Å²) in [5, 5.41) is 3.24. The van der Waals surface area contributed by atoms with E-state index in [2.05, 4.69) is 26.8 Å². The monoisotopic (exact) mass is 314 g/mol. The van der Waals surface area contributed by atoms with Gasteiger partial charge in [-0.15, -0.1) is 0 Å². The lowest BCUT2D eigenvalue weighted by atomic mass is 10.4. The van der Waals surface area contributed by atoms with Gasteiger partial charge in [0.2, 0.25) is 10.0 Å². The van der Waals surface area contributed by atoms with Crippen molar-refractivity contribution in [3.05, 3.63) is 18.0 Å². The summed E-state index contributed by atoms with van der Waals surface area (Å²) >= 11 is 0. The molecule has 1 aromatic heterocycles. The van der Waals surface area contributed by atoms with Gasteiger partial charge in [-0.2, -0.15) is 0 Å². The van der Waals surface area contributed by atoms with E-state index in [4.69, 9.17) is 0 Å². The number of hydrogen-bond acceptors (Lipinski definition) is 4. The molecule has 21 heavy (non-hydrogen) atoms. The van der Waals surface area contributed by atoms with Gasteiger partial charge in [-0.1, -0.05) is 6.92 Å². The zero-order chi connectivity index (χ0) is 15.3. The Bertz CT molecular complexity index is 537. The van der Waals surface area contributed by atoms with Crippen molar-refractivity contribution in [3.8, 4) is 0 Å². The fourth-order valence-corrected chi connectivity index (χ4v) is 3.25. The molecule has 1 aliphatic carbocycles. The molecule has 0 atom stereocenters. The molecule has 7 heteroatoms. The van der Waals surface area contributed by atoms with Gasteiger partial charge in [0.25, 0.3) is 0 Å². The highest BCUT2D eigenvalue weighted by atomic mass is 32.2. The Morgan fingerprint density at radius 1 is 1.38 bits per heavy atom. The second kappa shape index (κ2) is 7.40. The fraction of sp³-hybridized carbons (Fsp3) is 0.714. The van der Waals surface area contributed by atoms with Crippen LogP contribution in [-0.4, -0.2) is 51.0 Å².